The normalized spacial score (nSPS) is 26.4. The van der Waals surface area contributed by atoms with E-state index in [0.717, 1.165) is 51.4 Å². The first-order chi connectivity index (χ1) is 33.6. The van der Waals surface area contributed by atoms with Gasteiger partial charge in [0.05, 0.1) is 32.0 Å². The molecular weight excluding hydrogens is 883 g/mol. The van der Waals surface area contributed by atoms with E-state index in [1.165, 1.54) is 128 Å². The number of unbranched alkanes of at least 4 members (excludes halogenated alkanes) is 26. The van der Waals surface area contributed by atoms with Crippen molar-refractivity contribution in [2.45, 2.75) is 286 Å². The fourth-order valence-electron chi connectivity index (χ4n) is 9.03. The Labute approximate surface area is 417 Å². The molecule has 12 atom stereocenters. The summed E-state index contributed by atoms with van der Waals surface area (Å²) in [5, 5.41) is 86.4. The summed E-state index contributed by atoms with van der Waals surface area (Å²) in [5.41, 5.74) is 0. The second-order valence-electron chi connectivity index (χ2n) is 19.7. The average molecular weight is 984 g/mol. The van der Waals surface area contributed by atoms with Crippen LogP contribution in [0.15, 0.2) is 36.5 Å². The van der Waals surface area contributed by atoms with Crippen molar-refractivity contribution in [2.75, 3.05) is 19.8 Å². The molecule has 0 saturated carbocycles. The van der Waals surface area contributed by atoms with Gasteiger partial charge in [-0.15, -0.1) is 0 Å². The number of aliphatic hydroxyl groups is 8. The molecule has 404 valence electrons. The third kappa shape index (κ3) is 28.3. The Hall–Kier alpha value is -1.79. The van der Waals surface area contributed by atoms with E-state index in [4.69, 9.17) is 18.9 Å². The monoisotopic (exact) mass is 984 g/mol. The minimum absolute atomic E-state index is 0.265. The van der Waals surface area contributed by atoms with Gasteiger partial charge < -0.3 is 65.1 Å². The predicted octanol–water partition coefficient (Wildman–Crippen LogP) is 8.27. The molecule has 0 spiro atoms. The first-order valence-corrected chi connectivity index (χ1v) is 27.7. The quantitative estimate of drug-likeness (QED) is 0.0207. The molecule has 14 heteroatoms. The molecule has 9 N–H and O–H groups in total. The first kappa shape index (κ1) is 63.3. The highest BCUT2D eigenvalue weighted by atomic mass is 16.7. The summed E-state index contributed by atoms with van der Waals surface area (Å²) in [6, 6.07) is -0.931. The van der Waals surface area contributed by atoms with Crippen LogP contribution in [0.3, 0.4) is 0 Å². The minimum atomic E-state index is -1.79. The lowest BCUT2D eigenvalue weighted by molar-refractivity contribution is -0.359. The Bertz CT molecular complexity index is 1300. The molecule has 2 saturated heterocycles. The van der Waals surface area contributed by atoms with Crippen molar-refractivity contribution < 1.29 is 64.6 Å². The molecule has 0 bridgehead atoms. The third-order valence-electron chi connectivity index (χ3n) is 13.6. The lowest BCUT2D eigenvalue weighted by atomic mass is 9.97. The molecular formula is C55H101NO13. The van der Waals surface area contributed by atoms with Crippen LogP contribution in [0.25, 0.3) is 0 Å². The lowest BCUT2D eigenvalue weighted by Gasteiger charge is -2.46. The summed E-state index contributed by atoms with van der Waals surface area (Å²) < 4.78 is 22.6. The van der Waals surface area contributed by atoms with Gasteiger partial charge in [0, 0.05) is 6.42 Å². The van der Waals surface area contributed by atoms with Crippen molar-refractivity contribution in [3.63, 3.8) is 0 Å². The second kappa shape index (κ2) is 41.7. The summed E-state index contributed by atoms with van der Waals surface area (Å²) in [6.45, 7) is 2.66. The van der Waals surface area contributed by atoms with Crippen LogP contribution in [0.2, 0.25) is 0 Å². The van der Waals surface area contributed by atoms with Gasteiger partial charge in [-0.25, -0.2) is 0 Å². The van der Waals surface area contributed by atoms with Crippen LogP contribution < -0.4 is 5.32 Å². The van der Waals surface area contributed by atoms with E-state index in [1.807, 2.05) is 6.08 Å². The van der Waals surface area contributed by atoms with Crippen LogP contribution in [0.5, 0.6) is 0 Å². The number of hydrogen-bond acceptors (Lipinski definition) is 13. The summed E-state index contributed by atoms with van der Waals surface area (Å²) in [4.78, 5) is 12.9. The standard InChI is InChI=1S/C55H101NO13/c1-3-5-7-9-10-11-12-13-14-15-16-17-18-19-20-21-22-23-24-25-26-27-28-29-30-31-32-33-35-36-38-44(59)43(56-47(60)39-37-34-8-6-4-2)42-66-54-52(65)50(63)53(46(41-58)68-54)69-55-51(64)49(62)48(61)45(40-57)67-55/h27-28,31-32,36,38,43-46,48-55,57-59,61-65H,3-26,29-30,33-35,37,39-42H2,1-2H3,(H,56,60)/b28-27+,32-31+,38-36+. The third-order valence-corrected chi connectivity index (χ3v) is 13.6. The van der Waals surface area contributed by atoms with Crippen LogP contribution in [0.4, 0.5) is 0 Å². The number of rotatable bonds is 43. The largest absolute Gasteiger partial charge is 0.394 e. The van der Waals surface area contributed by atoms with E-state index in [0.29, 0.717) is 12.8 Å². The molecule has 0 aliphatic carbocycles. The topological polar surface area (TPSA) is 228 Å². The van der Waals surface area contributed by atoms with Gasteiger partial charge in [-0.2, -0.15) is 0 Å². The van der Waals surface area contributed by atoms with Gasteiger partial charge in [-0.1, -0.05) is 198 Å². The van der Waals surface area contributed by atoms with Crippen LogP contribution in [0, 0.1) is 0 Å². The van der Waals surface area contributed by atoms with Gasteiger partial charge in [0.25, 0.3) is 0 Å². The van der Waals surface area contributed by atoms with E-state index in [2.05, 4.69) is 43.5 Å². The fourth-order valence-corrected chi connectivity index (χ4v) is 9.03. The molecule has 2 aliphatic rings. The second-order valence-corrected chi connectivity index (χ2v) is 19.7. The smallest absolute Gasteiger partial charge is 0.220 e. The Morgan fingerprint density at radius 1 is 0.507 bits per heavy atom. The molecule has 14 nitrogen and oxygen atoms in total. The lowest BCUT2D eigenvalue weighted by Crippen LogP contribution is -2.65. The maximum Gasteiger partial charge on any atom is 0.220 e. The summed E-state index contributed by atoms with van der Waals surface area (Å²) in [6.07, 6.45) is 32.8. The SMILES string of the molecule is CCCCCCCCCCCCCCCCCCCCCC/C=C/CC/C=C/CC/C=C/C(O)C(COC1OC(CO)C(OC2OC(CO)C(O)C(O)C2O)C(O)C1O)NC(=O)CCCCCCC. The molecule has 1 amide bonds. The summed E-state index contributed by atoms with van der Waals surface area (Å²) in [7, 11) is 0. The zero-order chi connectivity index (χ0) is 50.3. The molecule has 2 aliphatic heterocycles. The zero-order valence-corrected chi connectivity index (χ0v) is 43.1. The van der Waals surface area contributed by atoms with Gasteiger partial charge in [0.1, 0.15) is 48.8 Å². The molecule has 0 aromatic heterocycles. The Morgan fingerprint density at radius 3 is 1.42 bits per heavy atom. The van der Waals surface area contributed by atoms with Gasteiger partial charge in [0.15, 0.2) is 12.6 Å². The van der Waals surface area contributed by atoms with E-state index in [1.54, 1.807) is 6.08 Å². The van der Waals surface area contributed by atoms with Crippen LogP contribution in [0.1, 0.15) is 213 Å². The maximum atomic E-state index is 12.9. The molecule has 2 heterocycles. The molecule has 0 aromatic rings. The van der Waals surface area contributed by atoms with Gasteiger partial charge in [0.2, 0.25) is 5.91 Å². The molecule has 2 fully saturated rings. The van der Waals surface area contributed by atoms with E-state index < -0.39 is 86.8 Å². The zero-order valence-electron chi connectivity index (χ0n) is 43.1. The molecule has 0 radical (unpaired) electrons. The van der Waals surface area contributed by atoms with E-state index >= 15 is 0 Å². The fraction of sp³-hybridized carbons (Fsp3) is 0.873. The van der Waals surface area contributed by atoms with Crippen molar-refractivity contribution in [3.8, 4) is 0 Å². The number of ether oxygens (including phenoxy) is 4. The predicted molar refractivity (Wildman–Crippen MR) is 272 cm³/mol. The Kier molecular flexibility index (Phi) is 38.2. The Balaban J connectivity index is 1.65. The van der Waals surface area contributed by atoms with Crippen molar-refractivity contribution >= 4 is 5.91 Å². The van der Waals surface area contributed by atoms with Crippen molar-refractivity contribution in [3.05, 3.63) is 36.5 Å². The molecule has 12 unspecified atom stereocenters. The number of hydrogen-bond donors (Lipinski definition) is 9. The number of aliphatic hydroxyl groups excluding tert-OH is 8. The van der Waals surface area contributed by atoms with Crippen LogP contribution in [-0.2, 0) is 23.7 Å². The van der Waals surface area contributed by atoms with E-state index in [-0.39, 0.29) is 18.9 Å². The highest BCUT2D eigenvalue weighted by Gasteiger charge is 2.51. The molecule has 0 aromatic carbocycles. The van der Waals surface area contributed by atoms with E-state index in [9.17, 15) is 45.6 Å². The van der Waals surface area contributed by atoms with Crippen molar-refractivity contribution in [1.29, 1.82) is 0 Å². The van der Waals surface area contributed by atoms with Gasteiger partial charge in [-0.3, -0.25) is 4.79 Å². The highest BCUT2D eigenvalue weighted by Crippen LogP contribution is 2.30. The number of carbonyl (C=O) groups excluding carboxylic acids is 1. The average Bonchev–Trinajstić information content (AvgIpc) is 3.35. The Morgan fingerprint density at radius 2 is 0.928 bits per heavy atom. The summed E-state index contributed by atoms with van der Waals surface area (Å²) >= 11 is 0. The maximum absolute atomic E-state index is 12.9. The van der Waals surface area contributed by atoms with Crippen LogP contribution >= 0.6 is 0 Å². The molecule has 69 heavy (non-hydrogen) atoms. The molecule has 2 rings (SSSR count). The minimum Gasteiger partial charge on any atom is -0.394 e. The number of carbonyl (C=O) groups is 1. The van der Waals surface area contributed by atoms with Crippen molar-refractivity contribution in [1.82, 2.24) is 5.32 Å². The highest BCUT2D eigenvalue weighted by molar-refractivity contribution is 5.76. The number of allylic oxidation sites excluding steroid dienone is 5. The van der Waals surface area contributed by atoms with Gasteiger partial charge >= 0.3 is 0 Å². The van der Waals surface area contributed by atoms with Crippen molar-refractivity contribution in [2.24, 2.45) is 0 Å². The van der Waals surface area contributed by atoms with Crippen LogP contribution in [-0.4, -0.2) is 140 Å². The number of amides is 1. The first-order valence-electron chi connectivity index (χ1n) is 27.7. The summed E-state index contributed by atoms with van der Waals surface area (Å²) in [5.74, 6) is -0.267. The number of nitrogens with one attached hydrogen (secondary N) is 1. The van der Waals surface area contributed by atoms with Gasteiger partial charge in [-0.05, 0) is 44.9 Å².